The van der Waals surface area contributed by atoms with Crippen molar-refractivity contribution in [2.45, 2.75) is 19.3 Å². The molecule has 0 atom stereocenters. The van der Waals surface area contributed by atoms with Crippen molar-refractivity contribution < 1.29 is 9.13 Å². The van der Waals surface area contributed by atoms with E-state index in [2.05, 4.69) is 0 Å². The maximum Gasteiger partial charge on any atom is 0.126 e. The first-order valence-electron chi connectivity index (χ1n) is 4.80. The molecule has 1 aromatic rings. The van der Waals surface area contributed by atoms with Gasteiger partial charge in [-0.3, -0.25) is 0 Å². The number of methoxy groups -OCH3 is 1. The maximum absolute atomic E-state index is 12.8. The lowest BCUT2D eigenvalue weighted by Crippen LogP contribution is -2.00. The number of unbranched alkanes of at least 4 members (excludes halogenated alkanes) is 1. The van der Waals surface area contributed by atoms with E-state index in [1.807, 2.05) is 0 Å². The van der Waals surface area contributed by atoms with Gasteiger partial charge >= 0.3 is 0 Å². The van der Waals surface area contributed by atoms with Gasteiger partial charge < -0.3 is 10.5 Å². The predicted molar refractivity (Wildman–Crippen MR) is 54.9 cm³/mol. The van der Waals surface area contributed by atoms with Crippen LogP contribution in [0.3, 0.4) is 0 Å². The summed E-state index contributed by atoms with van der Waals surface area (Å²) in [4.78, 5) is 0. The summed E-state index contributed by atoms with van der Waals surface area (Å²) in [5.41, 5.74) is 6.44. The molecule has 0 aliphatic rings. The molecule has 0 radical (unpaired) electrons. The summed E-state index contributed by atoms with van der Waals surface area (Å²) in [6.45, 7) is 0.698. The molecule has 1 aromatic carbocycles. The molecule has 0 saturated heterocycles. The van der Waals surface area contributed by atoms with Gasteiger partial charge in [-0.2, -0.15) is 0 Å². The topological polar surface area (TPSA) is 35.2 Å². The molecule has 0 fully saturated rings. The molecule has 0 aromatic heterocycles. The van der Waals surface area contributed by atoms with Crippen molar-refractivity contribution in [3.63, 3.8) is 0 Å². The molecule has 2 nitrogen and oxygen atoms in total. The van der Waals surface area contributed by atoms with E-state index in [-0.39, 0.29) is 5.82 Å². The Bertz CT molecular complexity index is 289. The molecule has 1 rings (SSSR count). The van der Waals surface area contributed by atoms with Gasteiger partial charge in [0.1, 0.15) is 11.6 Å². The fraction of sp³-hybridized carbons (Fsp3) is 0.455. The zero-order valence-electron chi connectivity index (χ0n) is 8.42. The van der Waals surface area contributed by atoms with E-state index in [1.54, 1.807) is 13.2 Å². The average Bonchev–Trinajstić information content (AvgIpc) is 2.20. The summed E-state index contributed by atoms with van der Waals surface area (Å²) in [5.74, 6) is 0.367. The summed E-state index contributed by atoms with van der Waals surface area (Å²) in [6.07, 6.45) is 2.89. The molecule has 0 amide bonds. The van der Waals surface area contributed by atoms with Crippen LogP contribution < -0.4 is 10.5 Å². The number of hydrogen-bond acceptors (Lipinski definition) is 2. The van der Waals surface area contributed by atoms with Crippen molar-refractivity contribution in [3.05, 3.63) is 29.6 Å². The van der Waals surface area contributed by atoms with Crippen LogP contribution in [0, 0.1) is 5.82 Å². The summed E-state index contributed by atoms with van der Waals surface area (Å²) in [5, 5.41) is 0. The highest BCUT2D eigenvalue weighted by Gasteiger charge is 2.03. The van der Waals surface area contributed by atoms with Gasteiger partial charge in [0.15, 0.2) is 0 Å². The number of ether oxygens (including phenoxy) is 1. The Hall–Kier alpha value is -1.09. The fourth-order valence-electron chi connectivity index (χ4n) is 1.38. The Balaban J connectivity index is 2.65. The summed E-state index contributed by atoms with van der Waals surface area (Å²) >= 11 is 0. The molecule has 2 N–H and O–H groups in total. The van der Waals surface area contributed by atoms with Gasteiger partial charge in [-0.25, -0.2) is 4.39 Å². The summed E-state index contributed by atoms with van der Waals surface area (Å²) < 4.78 is 17.9. The van der Waals surface area contributed by atoms with Gasteiger partial charge in [0.25, 0.3) is 0 Å². The van der Waals surface area contributed by atoms with Gasteiger partial charge in [0, 0.05) is 6.07 Å². The molecule has 14 heavy (non-hydrogen) atoms. The first-order chi connectivity index (χ1) is 6.77. The second-order valence-electron chi connectivity index (χ2n) is 3.20. The van der Waals surface area contributed by atoms with E-state index in [0.717, 1.165) is 24.8 Å². The van der Waals surface area contributed by atoms with E-state index < -0.39 is 0 Å². The van der Waals surface area contributed by atoms with Crippen LogP contribution in [0.2, 0.25) is 0 Å². The molecule has 0 aliphatic heterocycles. The van der Waals surface area contributed by atoms with Crippen molar-refractivity contribution in [1.29, 1.82) is 0 Å². The van der Waals surface area contributed by atoms with E-state index in [1.165, 1.54) is 12.1 Å². The Morgan fingerprint density at radius 3 is 2.79 bits per heavy atom. The van der Waals surface area contributed by atoms with Gasteiger partial charge in [0.05, 0.1) is 7.11 Å². The Labute approximate surface area is 83.9 Å². The lowest BCUT2D eigenvalue weighted by atomic mass is 10.1. The number of nitrogens with two attached hydrogens (primary N) is 1. The minimum Gasteiger partial charge on any atom is -0.496 e. The fourth-order valence-corrected chi connectivity index (χ4v) is 1.38. The second-order valence-corrected chi connectivity index (χ2v) is 3.20. The molecule has 78 valence electrons. The average molecular weight is 197 g/mol. The van der Waals surface area contributed by atoms with Crippen LogP contribution in [-0.2, 0) is 6.42 Å². The number of benzene rings is 1. The third-order valence-electron chi connectivity index (χ3n) is 2.15. The molecule has 0 saturated carbocycles. The second kappa shape index (κ2) is 5.60. The first kappa shape index (κ1) is 11.0. The highest BCUT2D eigenvalue weighted by atomic mass is 19.1. The van der Waals surface area contributed by atoms with E-state index in [0.29, 0.717) is 12.3 Å². The minimum absolute atomic E-state index is 0.260. The number of aryl methyl sites for hydroxylation is 1. The SMILES string of the molecule is COc1cc(F)ccc1CCCCN. The van der Waals surface area contributed by atoms with Crippen LogP contribution in [0.15, 0.2) is 18.2 Å². The van der Waals surface area contributed by atoms with Crippen LogP contribution in [0.1, 0.15) is 18.4 Å². The quantitative estimate of drug-likeness (QED) is 0.734. The van der Waals surface area contributed by atoms with Gasteiger partial charge in [0.2, 0.25) is 0 Å². The Morgan fingerprint density at radius 1 is 1.36 bits per heavy atom. The summed E-state index contributed by atoms with van der Waals surface area (Å²) in [6, 6.07) is 4.64. The van der Waals surface area contributed by atoms with E-state index in [4.69, 9.17) is 10.5 Å². The van der Waals surface area contributed by atoms with E-state index >= 15 is 0 Å². The van der Waals surface area contributed by atoms with Crippen molar-refractivity contribution in [3.8, 4) is 5.75 Å². The molecule has 3 heteroatoms. The maximum atomic E-state index is 12.8. The number of halogens is 1. The predicted octanol–water partition coefficient (Wildman–Crippen LogP) is 2.12. The smallest absolute Gasteiger partial charge is 0.126 e. The molecule has 0 bridgehead atoms. The van der Waals surface area contributed by atoms with E-state index in [9.17, 15) is 4.39 Å². The van der Waals surface area contributed by atoms with Gasteiger partial charge in [-0.1, -0.05) is 6.07 Å². The third-order valence-corrected chi connectivity index (χ3v) is 2.15. The highest BCUT2D eigenvalue weighted by Crippen LogP contribution is 2.21. The number of rotatable bonds is 5. The Morgan fingerprint density at radius 2 is 2.14 bits per heavy atom. The van der Waals surface area contributed by atoms with Crippen molar-refractivity contribution in [2.24, 2.45) is 5.73 Å². The number of hydrogen-bond donors (Lipinski definition) is 1. The molecule has 0 aliphatic carbocycles. The minimum atomic E-state index is -0.260. The zero-order valence-corrected chi connectivity index (χ0v) is 8.42. The lowest BCUT2D eigenvalue weighted by molar-refractivity contribution is 0.405. The monoisotopic (exact) mass is 197 g/mol. The lowest BCUT2D eigenvalue weighted by Gasteiger charge is -2.07. The Kier molecular flexibility index (Phi) is 4.40. The van der Waals surface area contributed by atoms with Gasteiger partial charge in [-0.15, -0.1) is 0 Å². The standard InChI is InChI=1S/C11H16FNO/c1-14-11-8-10(12)6-5-9(11)4-2-3-7-13/h5-6,8H,2-4,7,13H2,1H3. The third kappa shape index (κ3) is 3.00. The molecule has 0 spiro atoms. The van der Waals surface area contributed by atoms with Crippen molar-refractivity contribution in [2.75, 3.05) is 13.7 Å². The molecule has 0 unspecified atom stereocenters. The van der Waals surface area contributed by atoms with Crippen molar-refractivity contribution in [1.82, 2.24) is 0 Å². The molecule has 0 heterocycles. The van der Waals surface area contributed by atoms with Crippen LogP contribution in [-0.4, -0.2) is 13.7 Å². The van der Waals surface area contributed by atoms with Gasteiger partial charge in [-0.05, 0) is 37.4 Å². The molecular formula is C11H16FNO. The zero-order chi connectivity index (χ0) is 10.4. The van der Waals surface area contributed by atoms with Crippen molar-refractivity contribution >= 4 is 0 Å². The van der Waals surface area contributed by atoms with Crippen LogP contribution in [0.25, 0.3) is 0 Å². The highest BCUT2D eigenvalue weighted by molar-refractivity contribution is 5.33. The molecular weight excluding hydrogens is 181 g/mol. The summed E-state index contributed by atoms with van der Waals surface area (Å²) in [7, 11) is 1.56. The normalized spacial score (nSPS) is 10.2. The first-order valence-corrected chi connectivity index (χ1v) is 4.80. The largest absolute Gasteiger partial charge is 0.496 e. The van der Waals surface area contributed by atoms with Crippen LogP contribution >= 0.6 is 0 Å². The van der Waals surface area contributed by atoms with Crippen LogP contribution in [0.4, 0.5) is 4.39 Å². The van der Waals surface area contributed by atoms with Crippen LogP contribution in [0.5, 0.6) is 5.75 Å².